The number of hydrogen-bond acceptors (Lipinski definition) is 5. The second-order valence-electron chi connectivity index (χ2n) is 4.12. The molecule has 0 atom stereocenters. The molecule has 0 saturated carbocycles. The largest absolute Gasteiger partial charge is 0.469 e. The molecule has 20 heavy (non-hydrogen) atoms. The second-order valence-corrected chi connectivity index (χ2v) is 4.12. The summed E-state index contributed by atoms with van der Waals surface area (Å²) in [5, 5.41) is 8.87. The van der Waals surface area contributed by atoms with Crippen LogP contribution in [0, 0.1) is 17.1 Å². The van der Waals surface area contributed by atoms with Crippen LogP contribution in [-0.4, -0.2) is 39.9 Å². The Morgan fingerprint density at radius 3 is 2.70 bits per heavy atom. The Hall–Kier alpha value is -2.13. The maximum Gasteiger partial charge on any atom is 0.307 e. The lowest BCUT2D eigenvalue weighted by molar-refractivity contribution is -0.140. The molecule has 0 aromatic heterocycles. The lowest BCUT2D eigenvalue weighted by Gasteiger charge is -2.24. The Balaban J connectivity index is 2.88. The molecular weight excluding hydrogens is 263 g/mol. The van der Waals surface area contributed by atoms with Gasteiger partial charge in [-0.1, -0.05) is 0 Å². The van der Waals surface area contributed by atoms with Gasteiger partial charge in [0.25, 0.3) is 0 Å². The number of halogens is 1. The lowest BCUT2D eigenvalue weighted by Crippen LogP contribution is -2.30. The molecule has 0 aliphatic rings. The van der Waals surface area contributed by atoms with E-state index in [4.69, 9.17) is 10.00 Å². The van der Waals surface area contributed by atoms with Gasteiger partial charge in [-0.3, -0.25) is 4.79 Å². The molecule has 0 fully saturated rings. The molecule has 0 unspecified atom stereocenters. The number of benzene rings is 1. The van der Waals surface area contributed by atoms with Crippen molar-refractivity contribution in [2.75, 3.05) is 38.8 Å². The lowest BCUT2D eigenvalue weighted by atomic mass is 10.2. The summed E-state index contributed by atoms with van der Waals surface area (Å²) in [5.74, 6) is -0.830. The number of carbonyl (C=O) groups is 1. The maximum absolute atomic E-state index is 13.5. The van der Waals surface area contributed by atoms with Gasteiger partial charge in [0.2, 0.25) is 0 Å². The summed E-state index contributed by atoms with van der Waals surface area (Å²) >= 11 is 0. The van der Waals surface area contributed by atoms with Crippen LogP contribution in [0.5, 0.6) is 0 Å². The van der Waals surface area contributed by atoms with E-state index in [2.05, 4.69) is 4.74 Å². The maximum atomic E-state index is 13.5. The summed E-state index contributed by atoms with van der Waals surface area (Å²) in [4.78, 5) is 13.0. The van der Waals surface area contributed by atoms with Crippen molar-refractivity contribution in [3.05, 3.63) is 29.6 Å². The zero-order chi connectivity index (χ0) is 15.0. The van der Waals surface area contributed by atoms with Crippen molar-refractivity contribution in [1.82, 2.24) is 0 Å². The minimum absolute atomic E-state index is 0.179. The van der Waals surface area contributed by atoms with Gasteiger partial charge in [0, 0.05) is 25.9 Å². The SMILES string of the molecule is COCCN(CCC(=O)OC)c1cc(F)cc(C#N)c1. The van der Waals surface area contributed by atoms with Crippen molar-refractivity contribution in [3.63, 3.8) is 0 Å². The van der Waals surface area contributed by atoms with E-state index in [1.165, 1.54) is 13.2 Å². The molecule has 0 saturated heterocycles. The Morgan fingerprint density at radius 2 is 2.10 bits per heavy atom. The zero-order valence-electron chi connectivity index (χ0n) is 11.6. The van der Waals surface area contributed by atoms with Crippen molar-refractivity contribution in [2.45, 2.75) is 6.42 Å². The van der Waals surface area contributed by atoms with Gasteiger partial charge < -0.3 is 14.4 Å². The summed E-state index contributed by atoms with van der Waals surface area (Å²) in [6.07, 6.45) is 0.179. The summed E-state index contributed by atoms with van der Waals surface area (Å²) < 4.78 is 23.0. The number of hydrogen-bond donors (Lipinski definition) is 0. The fourth-order valence-corrected chi connectivity index (χ4v) is 1.72. The smallest absolute Gasteiger partial charge is 0.307 e. The quantitative estimate of drug-likeness (QED) is 0.712. The van der Waals surface area contributed by atoms with Gasteiger partial charge in [0.1, 0.15) is 5.82 Å². The first-order valence-electron chi connectivity index (χ1n) is 6.12. The number of nitriles is 1. The van der Waals surface area contributed by atoms with Gasteiger partial charge in [-0.25, -0.2) is 4.39 Å². The first-order valence-corrected chi connectivity index (χ1v) is 6.12. The number of methoxy groups -OCH3 is 2. The second kappa shape index (κ2) is 8.12. The number of nitrogens with zero attached hydrogens (tertiary/aromatic N) is 2. The summed E-state index contributed by atoms with van der Waals surface area (Å²) in [5.41, 5.74) is 0.781. The molecule has 5 nitrogen and oxygen atoms in total. The van der Waals surface area contributed by atoms with Crippen LogP contribution >= 0.6 is 0 Å². The van der Waals surface area contributed by atoms with Crippen LogP contribution in [0.4, 0.5) is 10.1 Å². The predicted molar refractivity (Wildman–Crippen MR) is 71.8 cm³/mol. The van der Waals surface area contributed by atoms with Crippen molar-refractivity contribution < 1.29 is 18.7 Å². The third kappa shape index (κ3) is 4.86. The van der Waals surface area contributed by atoms with Crippen LogP contribution in [0.1, 0.15) is 12.0 Å². The molecule has 1 aromatic carbocycles. The molecule has 0 amide bonds. The number of ether oxygens (including phenoxy) is 2. The molecule has 108 valence electrons. The topological polar surface area (TPSA) is 62.6 Å². The highest BCUT2D eigenvalue weighted by molar-refractivity contribution is 5.70. The van der Waals surface area contributed by atoms with E-state index in [-0.39, 0.29) is 18.0 Å². The molecule has 0 aliphatic carbocycles. The number of anilines is 1. The Labute approximate surface area is 117 Å². The molecule has 0 spiro atoms. The molecule has 0 heterocycles. The average molecular weight is 280 g/mol. The third-order valence-corrected chi connectivity index (χ3v) is 2.76. The predicted octanol–water partition coefficient (Wildman–Crippen LogP) is 1.71. The number of esters is 1. The molecule has 1 aromatic rings. The summed E-state index contributed by atoms with van der Waals surface area (Å²) in [6, 6.07) is 5.98. The third-order valence-electron chi connectivity index (χ3n) is 2.76. The van der Waals surface area contributed by atoms with Crippen molar-refractivity contribution in [3.8, 4) is 6.07 Å². The number of rotatable bonds is 7. The number of carbonyl (C=O) groups excluding carboxylic acids is 1. The van der Waals surface area contributed by atoms with Crippen molar-refractivity contribution >= 4 is 11.7 Å². The van der Waals surface area contributed by atoms with E-state index in [1.807, 2.05) is 6.07 Å². The zero-order valence-corrected chi connectivity index (χ0v) is 11.6. The Kier molecular flexibility index (Phi) is 6.47. The normalized spacial score (nSPS) is 9.90. The highest BCUT2D eigenvalue weighted by Gasteiger charge is 2.11. The first-order chi connectivity index (χ1) is 9.60. The molecule has 0 radical (unpaired) electrons. The van der Waals surface area contributed by atoms with Crippen LogP contribution in [0.15, 0.2) is 18.2 Å². The fourth-order valence-electron chi connectivity index (χ4n) is 1.72. The van der Waals surface area contributed by atoms with E-state index >= 15 is 0 Å². The Morgan fingerprint density at radius 1 is 1.35 bits per heavy atom. The van der Waals surface area contributed by atoms with Gasteiger partial charge in [0.05, 0.1) is 31.8 Å². The first kappa shape index (κ1) is 15.9. The minimum Gasteiger partial charge on any atom is -0.469 e. The van der Waals surface area contributed by atoms with E-state index in [9.17, 15) is 9.18 Å². The standard InChI is InChI=1S/C14H17FN2O3/c1-19-6-5-17(4-3-14(18)20-2)13-8-11(10-16)7-12(15)9-13/h7-9H,3-6H2,1-2H3. The minimum atomic E-state index is -0.487. The van der Waals surface area contributed by atoms with Gasteiger partial charge in [0.15, 0.2) is 0 Å². The van der Waals surface area contributed by atoms with Gasteiger partial charge in [-0.2, -0.15) is 5.26 Å². The summed E-state index contributed by atoms with van der Waals surface area (Å²) in [6.45, 7) is 1.28. The molecule has 6 heteroatoms. The van der Waals surface area contributed by atoms with E-state index < -0.39 is 5.82 Å². The van der Waals surface area contributed by atoms with E-state index in [0.717, 1.165) is 6.07 Å². The molecule has 1 rings (SSSR count). The fraction of sp³-hybridized carbons (Fsp3) is 0.429. The molecule has 0 aliphatic heterocycles. The van der Waals surface area contributed by atoms with Crippen LogP contribution in [0.3, 0.4) is 0 Å². The van der Waals surface area contributed by atoms with Crippen LogP contribution in [0.2, 0.25) is 0 Å². The molecular formula is C14H17FN2O3. The van der Waals surface area contributed by atoms with Gasteiger partial charge in [-0.15, -0.1) is 0 Å². The van der Waals surface area contributed by atoms with Crippen LogP contribution in [-0.2, 0) is 14.3 Å². The van der Waals surface area contributed by atoms with Gasteiger partial charge in [-0.05, 0) is 18.2 Å². The summed E-state index contributed by atoms with van der Waals surface area (Å²) in [7, 11) is 2.88. The highest BCUT2D eigenvalue weighted by atomic mass is 19.1. The van der Waals surface area contributed by atoms with Gasteiger partial charge >= 0.3 is 5.97 Å². The van der Waals surface area contributed by atoms with Crippen molar-refractivity contribution in [2.24, 2.45) is 0 Å². The Bertz CT molecular complexity index is 500. The van der Waals surface area contributed by atoms with Crippen LogP contribution < -0.4 is 4.90 Å². The van der Waals surface area contributed by atoms with Crippen molar-refractivity contribution in [1.29, 1.82) is 5.26 Å². The molecule has 0 bridgehead atoms. The average Bonchev–Trinajstić information content (AvgIpc) is 2.46. The van der Waals surface area contributed by atoms with Crippen LogP contribution in [0.25, 0.3) is 0 Å². The monoisotopic (exact) mass is 280 g/mol. The molecule has 0 N–H and O–H groups in total. The van der Waals surface area contributed by atoms with E-state index in [1.54, 1.807) is 18.1 Å². The highest BCUT2D eigenvalue weighted by Crippen LogP contribution is 2.18. The van der Waals surface area contributed by atoms with E-state index in [0.29, 0.717) is 25.4 Å².